The first-order valence-electron chi connectivity index (χ1n) is 8.39. The van der Waals surface area contributed by atoms with E-state index in [1.165, 1.54) is 19.2 Å². The van der Waals surface area contributed by atoms with E-state index in [4.69, 9.17) is 4.74 Å². The quantitative estimate of drug-likeness (QED) is 0.349. The molecule has 136 valence electrons. The second-order valence-corrected chi connectivity index (χ2v) is 8.26. The smallest absolute Gasteiger partial charge is 0.191 e. The van der Waals surface area contributed by atoms with Crippen LogP contribution in [0.1, 0.15) is 26.2 Å². The number of aliphatic imine (C=N–C) groups is 1. The van der Waals surface area contributed by atoms with Crippen LogP contribution in [0.25, 0.3) is 0 Å². The first-order chi connectivity index (χ1) is 10.9. The minimum atomic E-state index is -2.95. The molecule has 23 heavy (non-hydrogen) atoms. The zero-order valence-electron chi connectivity index (χ0n) is 14.7. The summed E-state index contributed by atoms with van der Waals surface area (Å²) in [6.45, 7) is 6.98. The summed E-state index contributed by atoms with van der Waals surface area (Å²) in [6.07, 6.45) is 4.68. The summed E-state index contributed by atoms with van der Waals surface area (Å²) in [4.78, 5) is 6.73. The van der Waals surface area contributed by atoms with Crippen molar-refractivity contribution in [2.24, 2.45) is 4.99 Å². The lowest BCUT2D eigenvalue weighted by atomic mass is 10.1. The first kappa shape index (κ1) is 20.2. The van der Waals surface area contributed by atoms with Gasteiger partial charge in [-0.2, -0.15) is 0 Å². The maximum Gasteiger partial charge on any atom is 0.191 e. The monoisotopic (exact) mass is 348 g/mol. The second kappa shape index (κ2) is 10.8. The van der Waals surface area contributed by atoms with Crippen molar-refractivity contribution in [2.75, 3.05) is 58.4 Å². The molecule has 1 aliphatic rings. The van der Waals surface area contributed by atoms with Crippen molar-refractivity contribution >= 4 is 15.8 Å². The summed E-state index contributed by atoms with van der Waals surface area (Å²) in [6, 6.07) is 0.459. The van der Waals surface area contributed by atoms with Gasteiger partial charge < -0.3 is 20.3 Å². The highest BCUT2D eigenvalue weighted by atomic mass is 32.2. The van der Waals surface area contributed by atoms with Gasteiger partial charge >= 0.3 is 0 Å². The van der Waals surface area contributed by atoms with E-state index in [2.05, 4.69) is 27.4 Å². The molecule has 0 aromatic heterocycles. The topological polar surface area (TPSA) is 83.0 Å². The Balaban J connectivity index is 2.13. The van der Waals surface area contributed by atoms with E-state index in [0.717, 1.165) is 31.9 Å². The van der Waals surface area contributed by atoms with Gasteiger partial charge in [0.25, 0.3) is 0 Å². The van der Waals surface area contributed by atoms with Crippen molar-refractivity contribution in [1.29, 1.82) is 0 Å². The van der Waals surface area contributed by atoms with Gasteiger partial charge in [-0.1, -0.05) is 6.92 Å². The lowest BCUT2D eigenvalue weighted by Gasteiger charge is -2.32. The molecule has 1 aliphatic heterocycles. The van der Waals surface area contributed by atoms with Gasteiger partial charge in [0.2, 0.25) is 0 Å². The number of ether oxygens (including phenoxy) is 1. The molecule has 1 heterocycles. The Hall–Kier alpha value is -0.860. The lowest BCUT2D eigenvalue weighted by molar-refractivity contribution is 0.153. The molecule has 0 bridgehead atoms. The molecule has 0 amide bonds. The van der Waals surface area contributed by atoms with Crippen LogP contribution >= 0.6 is 0 Å². The zero-order chi connectivity index (χ0) is 17.1. The molecule has 0 spiro atoms. The second-order valence-electron chi connectivity index (χ2n) is 6.00. The third-order valence-corrected chi connectivity index (χ3v) is 4.74. The van der Waals surface area contributed by atoms with Crippen LogP contribution in [0.5, 0.6) is 0 Å². The van der Waals surface area contributed by atoms with Gasteiger partial charge in [-0.25, -0.2) is 8.42 Å². The summed E-state index contributed by atoms with van der Waals surface area (Å²) in [7, 11) is -1.19. The maximum absolute atomic E-state index is 11.0. The van der Waals surface area contributed by atoms with E-state index in [1.54, 1.807) is 7.05 Å². The van der Waals surface area contributed by atoms with Crippen molar-refractivity contribution in [3.63, 3.8) is 0 Å². The molecule has 0 unspecified atom stereocenters. The van der Waals surface area contributed by atoms with E-state index in [1.807, 2.05) is 0 Å². The predicted octanol–water partition coefficient (Wildman–Crippen LogP) is 0.0870. The van der Waals surface area contributed by atoms with Gasteiger partial charge in [-0.05, 0) is 25.8 Å². The summed E-state index contributed by atoms with van der Waals surface area (Å²) in [5.41, 5.74) is 0. The van der Waals surface area contributed by atoms with E-state index < -0.39 is 9.84 Å². The van der Waals surface area contributed by atoms with Gasteiger partial charge in [0.1, 0.15) is 9.84 Å². The third-order valence-electron chi connectivity index (χ3n) is 3.83. The predicted molar refractivity (Wildman–Crippen MR) is 94.8 cm³/mol. The number of nitrogens with one attached hydrogen (secondary N) is 2. The maximum atomic E-state index is 11.0. The largest absolute Gasteiger partial charge is 0.379 e. The Morgan fingerprint density at radius 3 is 2.57 bits per heavy atom. The molecule has 7 nitrogen and oxygen atoms in total. The third kappa shape index (κ3) is 9.78. The molecular formula is C15H32N4O3S. The molecule has 0 atom stereocenters. The lowest BCUT2D eigenvalue weighted by Crippen LogP contribution is -2.49. The van der Waals surface area contributed by atoms with Crippen LogP contribution in [0, 0.1) is 0 Å². The molecule has 0 radical (unpaired) electrons. The summed E-state index contributed by atoms with van der Waals surface area (Å²) < 4.78 is 27.3. The average Bonchev–Trinajstić information content (AvgIpc) is 2.50. The average molecular weight is 349 g/mol. The van der Waals surface area contributed by atoms with Crippen molar-refractivity contribution in [3.8, 4) is 0 Å². The van der Waals surface area contributed by atoms with E-state index in [-0.39, 0.29) is 12.4 Å². The van der Waals surface area contributed by atoms with Crippen molar-refractivity contribution in [1.82, 2.24) is 15.5 Å². The Kier molecular flexibility index (Phi) is 9.50. The summed E-state index contributed by atoms with van der Waals surface area (Å²) >= 11 is 0. The van der Waals surface area contributed by atoms with Crippen LogP contribution in [0.4, 0.5) is 0 Å². The number of hydrogen-bond donors (Lipinski definition) is 2. The molecular weight excluding hydrogens is 316 g/mol. The highest BCUT2D eigenvalue weighted by Gasteiger charge is 2.19. The Labute approximate surface area is 140 Å². The van der Waals surface area contributed by atoms with E-state index in [0.29, 0.717) is 19.2 Å². The van der Waals surface area contributed by atoms with Gasteiger partial charge in [-0.15, -0.1) is 0 Å². The van der Waals surface area contributed by atoms with Crippen LogP contribution in [0.3, 0.4) is 0 Å². The Bertz CT molecular complexity index is 446. The van der Waals surface area contributed by atoms with Gasteiger partial charge in [-0.3, -0.25) is 4.99 Å². The van der Waals surface area contributed by atoms with Crippen molar-refractivity contribution < 1.29 is 13.2 Å². The fraction of sp³-hybridized carbons (Fsp3) is 0.933. The SMILES string of the molecule is CCCN1CCC(NC(=NC)NCCOCCS(C)(=O)=O)CC1. The van der Waals surface area contributed by atoms with Gasteiger partial charge in [0.05, 0.1) is 19.0 Å². The number of hydrogen-bond acceptors (Lipinski definition) is 5. The number of rotatable bonds is 9. The number of nitrogens with zero attached hydrogens (tertiary/aromatic N) is 2. The minimum Gasteiger partial charge on any atom is -0.379 e. The summed E-state index contributed by atoms with van der Waals surface area (Å²) in [5, 5.41) is 6.65. The van der Waals surface area contributed by atoms with Crippen molar-refractivity contribution in [2.45, 2.75) is 32.2 Å². The number of sulfone groups is 1. The van der Waals surface area contributed by atoms with Gasteiger partial charge in [0.15, 0.2) is 5.96 Å². The normalized spacial score (nSPS) is 18.1. The fourth-order valence-electron chi connectivity index (χ4n) is 2.56. The molecule has 1 fully saturated rings. The number of piperidine rings is 1. The van der Waals surface area contributed by atoms with E-state index >= 15 is 0 Å². The van der Waals surface area contributed by atoms with Crippen molar-refractivity contribution in [3.05, 3.63) is 0 Å². The highest BCUT2D eigenvalue weighted by Crippen LogP contribution is 2.10. The summed E-state index contributed by atoms with van der Waals surface area (Å²) in [5.74, 6) is 0.849. The Morgan fingerprint density at radius 1 is 1.30 bits per heavy atom. The molecule has 1 saturated heterocycles. The first-order valence-corrected chi connectivity index (χ1v) is 10.5. The standard InChI is InChI=1S/C15H32N4O3S/c1-4-8-19-9-5-14(6-10-19)18-15(16-2)17-7-11-22-12-13-23(3,20)21/h14H,4-13H2,1-3H3,(H2,16,17,18). The van der Waals surface area contributed by atoms with Crippen LogP contribution in [0.15, 0.2) is 4.99 Å². The molecule has 2 N–H and O–H groups in total. The van der Waals surface area contributed by atoms with Crippen LogP contribution in [-0.4, -0.2) is 83.8 Å². The van der Waals surface area contributed by atoms with E-state index in [9.17, 15) is 8.42 Å². The molecule has 0 aromatic carbocycles. The van der Waals surface area contributed by atoms with Crippen LogP contribution < -0.4 is 10.6 Å². The molecule has 0 saturated carbocycles. The number of guanidine groups is 1. The minimum absolute atomic E-state index is 0.0658. The van der Waals surface area contributed by atoms with Gasteiger partial charge in [0, 0.05) is 39.0 Å². The molecule has 0 aliphatic carbocycles. The molecule has 1 rings (SSSR count). The fourth-order valence-corrected chi connectivity index (χ4v) is 2.98. The highest BCUT2D eigenvalue weighted by molar-refractivity contribution is 7.90. The number of likely N-dealkylation sites (tertiary alicyclic amines) is 1. The molecule has 0 aromatic rings. The van der Waals surface area contributed by atoms with Crippen LogP contribution in [0.2, 0.25) is 0 Å². The zero-order valence-corrected chi connectivity index (χ0v) is 15.5. The molecule has 8 heteroatoms. The Morgan fingerprint density at radius 2 is 2.00 bits per heavy atom. The van der Waals surface area contributed by atoms with Crippen LogP contribution in [-0.2, 0) is 14.6 Å².